The van der Waals surface area contributed by atoms with Crippen molar-refractivity contribution in [2.24, 2.45) is 0 Å². The number of nitrogen functional groups attached to an aromatic ring is 1. The molecule has 0 aromatic heterocycles. The molecule has 1 amide bonds. The molecule has 0 aliphatic heterocycles. The minimum absolute atomic E-state index is 0.150. The zero-order valence-corrected chi connectivity index (χ0v) is 11.4. The van der Waals surface area contributed by atoms with Crippen LogP contribution in [0.25, 0.3) is 0 Å². The molecule has 0 spiro atoms. The van der Waals surface area contributed by atoms with Gasteiger partial charge in [0.05, 0.1) is 25.4 Å². The fourth-order valence-corrected chi connectivity index (χ4v) is 1.54. The maximum absolute atomic E-state index is 11.7. The maximum atomic E-state index is 11.7. The van der Waals surface area contributed by atoms with Crippen molar-refractivity contribution < 1.29 is 14.3 Å². The number of benzene rings is 1. The highest BCUT2D eigenvalue weighted by molar-refractivity contribution is 6.00. The number of nitrogens with one attached hydrogen (secondary N) is 2. The molecule has 19 heavy (non-hydrogen) atoms. The van der Waals surface area contributed by atoms with Crippen LogP contribution in [-0.4, -0.2) is 46.4 Å². The van der Waals surface area contributed by atoms with Gasteiger partial charge in [-0.05, 0) is 18.2 Å². The van der Waals surface area contributed by atoms with Gasteiger partial charge in [0.25, 0.3) is 5.91 Å². The molecule has 0 unspecified atom stereocenters. The molecule has 0 atom stereocenters. The highest BCUT2D eigenvalue weighted by Gasteiger charge is 2.09. The first kappa shape index (κ1) is 15.3. The summed E-state index contributed by atoms with van der Waals surface area (Å²) >= 11 is 0. The van der Waals surface area contributed by atoms with Crippen molar-refractivity contribution in [3.05, 3.63) is 23.8 Å². The average molecular weight is 267 g/mol. The Hall–Kier alpha value is -1.79. The molecule has 0 aliphatic rings. The summed E-state index contributed by atoms with van der Waals surface area (Å²) in [5, 5.41) is 5.73. The first-order valence-electron chi connectivity index (χ1n) is 6.11. The van der Waals surface area contributed by atoms with Gasteiger partial charge < -0.3 is 25.8 Å². The predicted molar refractivity (Wildman–Crippen MR) is 75.4 cm³/mol. The van der Waals surface area contributed by atoms with E-state index in [1.165, 1.54) is 0 Å². The van der Waals surface area contributed by atoms with Crippen LogP contribution in [0.4, 0.5) is 11.4 Å². The van der Waals surface area contributed by atoms with Crippen LogP contribution in [0.5, 0.6) is 0 Å². The smallest absolute Gasteiger partial charge is 0.253 e. The first-order valence-corrected chi connectivity index (χ1v) is 6.11. The molecule has 1 rings (SSSR count). The molecule has 1 aromatic carbocycles. The summed E-state index contributed by atoms with van der Waals surface area (Å²) < 4.78 is 10.2. The van der Waals surface area contributed by atoms with Crippen molar-refractivity contribution in [1.82, 2.24) is 5.32 Å². The van der Waals surface area contributed by atoms with Crippen molar-refractivity contribution in [1.29, 1.82) is 0 Å². The van der Waals surface area contributed by atoms with Crippen LogP contribution in [0.15, 0.2) is 18.2 Å². The van der Waals surface area contributed by atoms with E-state index in [1.54, 1.807) is 32.4 Å². The van der Waals surface area contributed by atoms with Crippen LogP contribution in [0.1, 0.15) is 10.4 Å². The fourth-order valence-electron chi connectivity index (χ4n) is 1.54. The summed E-state index contributed by atoms with van der Waals surface area (Å²) in [6.07, 6.45) is 0. The highest BCUT2D eigenvalue weighted by Crippen LogP contribution is 2.18. The van der Waals surface area contributed by atoms with Crippen LogP contribution in [0, 0.1) is 0 Å². The molecule has 0 heterocycles. The van der Waals surface area contributed by atoms with Gasteiger partial charge in [0, 0.05) is 32.1 Å². The van der Waals surface area contributed by atoms with Gasteiger partial charge in [-0.15, -0.1) is 0 Å². The number of ether oxygens (including phenoxy) is 2. The van der Waals surface area contributed by atoms with E-state index >= 15 is 0 Å². The Bertz CT molecular complexity index is 410. The number of nitrogens with two attached hydrogens (primary N) is 1. The lowest BCUT2D eigenvalue weighted by molar-refractivity contribution is 0.0759. The molecule has 0 aliphatic carbocycles. The van der Waals surface area contributed by atoms with Gasteiger partial charge in [-0.2, -0.15) is 0 Å². The predicted octanol–water partition coefficient (Wildman–Crippen LogP) is 0.703. The summed E-state index contributed by atoms with van der Waals surface area (Å²) in [6.45, 7) is 2.25. The van der Waals surface area contributed by atoms with Gasteiger partial charge in [0.15, 0.2) is 0 Å². The quantitative estimate of drug-likeness (QED) is 0.477. The summed E-state index contributed by atoms with van der Waals surface area (Å²) in [5.74, 6) is -0.150. The topological polar surface area (TPSA) is 85.6 Å². The zero-order valence-electron chi connectivity index (χ0n) is 11.4. The summed E-state index contributed by atoms with van der Waals surface area (Å²) in [4.78, 5) is 11.7. The zero-order chi connectivity index (χ0) is 14.1. The summed E-state index contributed by atoms with van der Waals surface area (Å²) in [5.41, 5.74) is 7.59. The molecule has 4 N–H and O–H groups in total. The highest BCUT2D eigenvalue weighted by atomic mass is 16.5. The number of rotatable bonds is 8. The van der Waals surface area contributed by atoms with E-state index in [1.807, 2.05) is 0 Å². The molecule has 0 saturated carbocycles. The second kappa shape index (κ2) is 8.34. The number of methoxy groups -OCH3 is 1. The Kier molecular flexibility index (Phi) is 6.70. The van der Waals surface area contributed by atoms with Crippen LogP contribution >= 0.6 is 0 Å². The molecule has 106 valence electrons. The lowest BCUT2D eigenvalue weighted by Crippen LogP contribution is -2.21. The summed E-state index contributed by atoms with van der Waals surface area (Å²) in [7, 11) is 3.22. The Morgan fingerprint density at radius 1 is 1.32 bits per heavy atom. The van der Waals surface area contributed by atoms with Gasteiger partial charge in [0.2, 0.25) is 0 Å². The number of hydrogen-bond acceptors (Lipinski definition) is 5. The van der Waals surface area contributed by atoms with Crippen LogP contribution in [0.2, 0.25) is 0 Å². The lowest BCUT2D eigenvalue weighted by atomic mass is 10.1. The van der Waals surface area contributed by atoms with Crippen molar-refractivity contribution in [2.45, 2.75) is 0 Å². The van der Waals surface area contributed by atoms with Gasteiger partial charge in [0.1, 0.15) is 0 Å². The molecule has 6 heteroatoms. The number of amides is 1. The third-order valence-electron chi connectivity index (χ3n) is 2.51. The average Bonchev–Trinajstić information content (AvgIpc) is 2.42. The van der Waals surface area contributed by atoms with E-state index in [-0.39, 0.29) is 5.91 Å². The number of carbonyl (C=O) groups is 1. The van der Waals surface area contributed by atoms with Gasteiger partial charge in [-0.3, -0.25) is 4.79 Å². The Morgan fingerprint density at radius 2 is 2.11 bits per heavy atom. The third-order valence-corrected chi connectivity index (χ3v) is 2.51. The van der Waals surface area contributed by atoms with E-state index in [9.17, 15) is 4.79 Å². The standard InChI is InChI=1S/C13H21N3O3/c1-15-13(17)11-4-3-10(14)9-12(11)16-5-6-19-8-7-18-2/h3-4,9,16H,5-8,14H2,1-2H3,(H,15,17). The normalized spacial score (nSPS) is 10.2. The van der Waals surface area contributed by atoms with E-state index < -0.39 is 0 Å². The van der Waals surface area contributed by atoms with Crippen LogP contribution in [-0.2, 0) is 9.47 Å². The summed E-state index contributed by atoms with van der Waals surface area (Å²) in [6, 6.07) is 5.13. The van der Waals surface area contributed by atoms with Gasteiger partial charge in [-0.1, -0.05) is 0 Å². The number of hydrogen-bond donors (Lipinski definition) is 3. The molecular formula is C13H21N3O3. The van der Waals surface area contributed by atoms with Crippen molar-refractivity contribution in [3.63, 3.8) is 0 Å². The van der Waals surface area contributed by atoms with Crippen LogP contribution < -0.4 is 16.4 Å². The molecule has 1 aromatic rings. The molecule has 0 bridgehead atoms. The van der Waals surface area contributed by atoms with Crippen molar-refractivity contribution in [3.8, 4) is 0 Å². The second-order valence-corrected chi connectivity index (χ2v) is 3.92. The van der Waals surface area contributed by atoms with Gasteiger partial charge in [-0.25, -0.2) is 0 Å². The minimum atomic E-state index is -0.150. The SMILES string of the molecule is CNC(=O)c1ccc(N)cc1NCCOCCOC. The molecule has 0 saturated heterocycles. The Labute approximate surface area is 113 Å². The van der Waals surface area contributed by atoms with E-state index in [2.05, 4.69) is 10.6 Å². The largest absolute Gasteiger partial charge is 0.399 e. The molecule has 6 nitrogen and oxygen atoms in total. The third kappa shape index (κ3) is 5.15. The fraction of sp³-hybridized carbons (Fsp3) is 0.462. The minimum Gasteiger partial charge on any atom is -0.399 e. The number of carbonyl (C=O) groups excluding carboxylic acids is 1. The molecule has 0 radical (unpaired) electrons. The monoisotopic (exact) mass is 267 g/mol. The van der Waals surface area contributed by atoms with Gasteiger partial charge >= 0.3 is 0 Å². The van der Waals surface area contributed by atoms with E-state index in [0.717, 1.165) is 0 Å². The van der Waals surface area contributed by atoms with E-state index in [4.69, 9.17) is 15.2 Å². The second-order valence-electron chi connectivity index (χ2n) is 3.92. The lowest BCUT2D eigenvalue weighted by Gasteiger charge is -2.12. The molecule has 0 fully saturated rings. The Balaban J connectivity index is 2.51. The molecular weight excluding hydrogens is 246 g/mol. The van der Waals surface area contributed by atoms with Crippen molar-refractivity contribution in [2.75, 3.05) is 51.6 Å². The first-order chi connectivity index (χ1) is 9.19. The van der Waals surface area contributed by atoms with Crippen molar-refractivity contribution >= 4 is 17.3 Å². The maximum Gasteiger partial charge on any atom is 0.253 e. The Morgan fingerprint density at radius 3 is 2.79 bits per heavy atom. The van der Waals surface area contributed by atoms with Crippen LogP contribution in [0.3, 0.4) is 0 Å². The number of anilines is 2. The van der Waals surface area contributed by atoms with E-state index in [0.29, 0.717) is 43.3 Å².